The Bertz CT molecular complexity index is 1040. The van der Waals surface area contributed by atoms with Gasteiger partial charge in [0.25, 0.3) is 5.89 Å². The summed E-state index contributed by atoms with van der Waals surface area (Å²) in [4.78, 5) is 11.0. The molecule has 0 spiro atoms. The zero-order chi connectivity index (χ0) is 20.2. The third-order valence-corrected chi connectivity index (χ3v) is 4.81. The van der Waals surface area contributed by atoms with Crippen molar-refractivity contribution in [3.05, 3.63) is 72.0 Å². The van der Waals surface area contributed by atoms with E-state index in [1.54, 1.807) is 19.6 Å². The second-order valence-corrected chi connectivity index (χ2v) is 6.66. The summed E-state index contributed by atoms with van der Waals surface area (Å²) in [6.45, 7) is 2.04. The van der Waals surface area contributed by atoms with Crippen LogP contribution in [0.1, 0.15) is 30.0 Å². The maximum Gasteiger partial charge on any atom is 0.259 e. The Kier molecular flexibility index (Phi) is 5.24. The van der Waals surface area contributed by atoms with Crippen LogP contribution in [-0.2, 0) is 6.42 Å². The SMILES string of the molecule is COc1ccc(Cc2noc(-c3ccc(N(C)[C@@H](C)c4ccon4)nc3)n2)cc1. The summed E-state index contributed by atoms with van der Waals surface area (Å²) in [6.07, 6.45) is 3.87. The lowest BCUT2D eigenvalue weighted by molar-refractivity contribution is 0.406. The zero-order valence-electron chi connectivity index (χ0n) is 16.4. The summed E-state index contributed by atoms with van der Waals surface area (Å²) in [5.41, 5.74) is 2.69. The van der Waals surface area contributed by atoms with E-state index in [-0.39, 0.29) is 6.04 Å². The Morgan fingerprint density at radius 3 is 2.55 bits per heavy atom. The van der Waals surface area contributed by atoms with Crippen molar-refractivity contribution in [2.45, 2.75) is 19.4 Å². The second kappa shape index (κ2) is 8.14. The summed E-state index contributed by atoms with van der Waals surface area (Å²) >= 11 is 0. The van der Waals surface area contributed by atoms with Crippen LogP contribution in [0, 0.1) is 0 Å². The van der Waals surface area contributed by atoms with E-state index in [1.807, 2.05) is 61.3 Å². The van der Waals surface area contributed by atoms with Gasteiger partial charge in [-0.15, -0.1) is 0 Å². The van der Waals surface area contributed by atoms with E-state index < -0.39 is 0 Å². The molecule has 8 nitrogen and oxygen atoms in total. The third-order valence-electron chi connectivity index (χ3n) is 4.81. The quantitative estimate of drug-likeness (QED) is 0.468. The van der Waals surface area contributed by atoms with Crippen LogP contribution >= 0.6 is 0 Å². The van der Waals surface area contributed by atoms with Gasteiger partial charge in [0, 0.05) is 25.7 Å². The van der Waals surface area contributed by atoms with Crippen LogP contribution in [0.4, 0.5) is 5.82 Å². The van der Waals surface area contributed by atoms with Crippen molar-refractivity contribution in [1.82, 2.24) is 20.3 Å². The van der Waals surface area contributed by atoms with Crippen molar-refractivity contribution >= 4 is 5.82 Å². The maximum atomic E-state index is 5.41. The first-order chi connectivity index (χ1) is 14.1. The molecule has 3 heterocycles. The minimum absolute atomic E-state index is 0.0339. The van der Waals surface area contributed by atoms with Gasteiger partial charge in [-0.2, -0.15) is 4.98 Å². The largest absolute Gasteiger partial charge is 0.497 e. The monoisotopic (exact) mass is 391 g/mol. The van der Waals surface area contributed by atoms with Gasteiger partial charge in [0.05, 0.1) is 18.7 Å². The summed E-state index contributed by atoms with van der Waals surface area (Å²) in [7, 11) is 3.60. The van der Waals surface area contributed by atoms with E-state index in [9.17, 15) is 0 Å². The van der Waals surface area contributed by atoms with Crippen LogP contribution in [0.2, 0.25) is 0 Å². The van der Waals surface area contributed by atoms with Gasteiger partial charge in [0.1, 0.15) is 23.5 Å². The molecule has 0 radical (unpaired) electrons. The molecule has 0 aliphatic carbocycles. The lowest BCUT2D eigenvalue weighted by Crippen LogP contribution is -2.22. The highest BCUT2D eigenvalue weighted by Gasteiger charge is 2.17. The van der Waals surface area contributed by atoms with Gasteiger partial charge >= 0.3 is 0 Å². The highest BCUT2D eigenvalue weighted by atomic mass is 16.5. The van der Waals surface area contributed by atoms with Gasteiger partial charge in [-0.3, -0.25) is 0 Å². The number of aromatic nitrogens is 4. The molecular formula is C21H21N5O3. The standard InChI is InChI=1S/C21H21N5O3/c1-14(18-10-11-28-24-18)26(2)20-9-6-16(13-22-20)21-23-19(25-29-21)12-15-4-7-17(27-3)8-5-15/h4-11,13-14H,12H2,1-3H3/t14-/m0/s1. The number of methoxy groups -OCH3 is 1. The smallest absolute Gasteiger partial charge is 0.259 e. The average molecular weight is 391 g/mol. The molecular weight excluding hydrogens is 370 g/mol. The molecule has 8 heteroatoms. The van der Waals surface area contributed by atoms with E-state index in [1.165, 1.54) is 0 Å². The molecule has 1 aromatic carbocycles. The summed E-state index contributed by atoms with van der Waals surface area (Å²) in [6, 6.07) is 13.5. The number of benzene rings is 1. The lowest BCUT2D eigenvalue weighted by atomic mass is 10.1. The van der Waals surface area contributed by atoms with Gasteiger partial charge in [0.2, 0.25) is 0 Å². The molecule has 0 N–H and O–H groups in total. The number of nitrogens with zero attached hydrogens (tertiary/aromatic N) is 5. The fourth-order valence-corrected chi connectivity index (χ4v) is 2.92. The van der Waals surface area contributed by atoms with Gasteiger partial charge in [0.15, 0.2) is 5.82 Å². The Hall–Kier alpha value is -3.68. The predicted molar refractivity (Wildman–Crippen MR) is 107 cm³/mol. The predicted octanol–water partition coefficient (Wildman–Crippen LogP) is 3.92. The Labute approximate surface area is 168 Å². The van der Waals surface area contributed by atoms with Gasteiger partial charge in [-0.05, 0) is 36.8 Å². The molecule has 3 aromatic heterocycles. The zero-order valence-corrected chi connectivity index (χ0v) is 16.4. The number of pyridine rings is 1. The molecule has 0 bridgehead atoms. The topological polar surface area (TPSA) is 90.3 Å². The first-order valence-corrected chi connectivity index (χ1v) is 9.19. The average Bonchev–Trinajstić information content (AvgIpc) is 3.46. The highest BCUT2D eigenvalue weighted by molar-refractivity contribution is 5.55. The molecule has 0 saturated carbocycles. The van der Waals surface area contributed by atoms with Crippen LogP contribution in [-0.4, -0.2) is 34.4 Å². The fourth-order valence-electron chi connectivity index (χ4n) is 2.92. The molecule has 1 atom stereocenters. The molecule has 0 amide bonds. The normalized spacial score (nSPS) is 12.0. The van der Waals surface area contributed by atoms with E-state index >= 15 is 0 Å². The van der Waals surface area contributed by atoms with Crippen LogP contribution in [0.25, 0.3) is 11.5 Å². The molecule has 0 unspecified atom stereocenters. The molecule has 4 rings (SSSR count). The minimum atomic E-state index is 0.0339. The van der Waals surface area contributed by atoms with E-state index in [4.69, 9.17) is 13.8 Å². The van der Waals surface area contributed by atoms with Crippen molar-refractivity contribution in [3.63, 3.8) is 0 Å². The van der Waals surface area contributed by atoms with Crippen molar-refractivity contribution in [2.24, 2.45) is 0 Å². The Balaban J connectivity index is 1.45. The van der Waals surface area contributed by atoms with Gasteiger partial charge in [-0.1, -0.05) is 22.4 Å². The highest BCUT2D eigenvalue weighted by Crippen LogP contribution is 2.25. The van der Waals surface area contributed by atoms with Crippen LogP contribution < -0.4 is 9.64 Å². The minimum Gasteiger partial charge on any atom is -0.497 e. The third kappa shape index (κ3) is 4.11. The number of hydrogen-bond acceptors (Lipinski definition) is 8. The maximum absolute atomic E-state index is 5.41. The fraction of sp³-hybridized carbons (Fsp3) is 0.238. The first kappa shape index (κ1) is 18.7. The summed E-state index contributed by atoms with van der Waals surface area (Å²) in [5, 5.41) is 8.07. The number of hydrogen-bond donors (Lipinski definition) is 0. The molecule has 0 aliphatic heterocycles. The van der Waals surface area contributed by atoms with Crippen LogP contribution in [0.3, 0.4) is 0 Å². The molecule has 148 valence electrons. The first-order valence-electron chi connectivity index (χ1n) is 9.19. The number of anilines is 1. The molecule has 0 aliphatic rings. The van der Waals surface area contributed by atoms with Crippen molar-refractivity contribution in [1.29, 1.82) is 0 Å². The van der Waals surface area contributed by atoms with E-state index in [2.05, 4.69) is 20.3 Å². The molecule has 29 heavy (non-hydrogen) atoms. The number of rotatable bonds is 7. The number of ether oxygens (including phenoxy) is 1. The van der Waals surface area contributed by atoms with E-state index in [0.29, 0.717) is 18.1 Å². The Morgan fingerprint density at radius 1 is 1.07 bits per heavy atom. The molecule has 4 aromatic rings. The lowest BCUT2D eigenvalue weighted by Gasteiger charge is -2.24. The van der Waals surface area contributed by atoms with Crippen molar-refractivity contribution in [3.8, 4) is 17.2 Å². The van der Waals surface area contributed by atoms with Crippen LogP contribution in [0.15, 0.2) is 64.0 Å². The van der Waals surface area contributed by atoms with E-state index in [0.717, 1.165) is 28.4 Å². The molecule has 0 fully saturated rings. The van der Waals surface area contributed by atoms with Gasteiger partial charge < -0.3 is 18.7 Å². The van der Waals surface area contributed by atoms with Crippen molar-refractivity contribution in [2.75, 3.05) is 19.1 Å². The summed E-state index contributed by atoms with van der Waals surface area (Å²) in [5.74, 6) is 2.68. The van der Waals surface area contributed by atoms with Crippen LogP contribution in [0.5, 0.6) is 5.75 Å². The Morgan fingerprint density at radius 2 is 1.90 bits per heavy atom. The molecule has 0 saturated heterocycles. The van der Waals surface area contributed by atoms with Crippen molar-refractivity contribution < 1.29 is 13.8 Å². The second-order valence-electron chi connectivity index (χ2n) is 6.66. The summed E-state index contributed by atoms with van der Waals surface area (Å²) < 4.78 is 15.5. The van der Waals surface area contributed by atoms with Gasteiger partial charge in [-0.25, -0.2) is 4.98 Å².